The van der Waals surface area contributed by atoms with Crippen LogP contribution in [-0.2, 0) is 4.12 Å². The van der Waals surface area contributed by atoms with Gasteiger partial charge in [0.15, 0.2) is 0 Å². The summed E-state index contributed by atoms with van der Waals surface area (Å²) in [4.78, 5) is 22.7. The Morgan fingerprint density at radius 1 is 0.760 bits per heavy atom. The number of hydrogen-bond donors (Lipinski definition) is 0. The lowest BCUT2D eigenvalue weighted by molar-refractivity contribution is 0.111. The monoisotopic (exact) mass is 378 g/mol. The molecule has 0 heterocycles. The maximum atomic E-state index is 13.7. The average Bonchev–Trinajstić information content (AvgIpc) is 2.54. The van der Waals surface area contributed by atoms with Gasteiger partial charge in [0.1, 0.15) is 24.2 Å². The first-order chi connectivity index (χ1) is 11.6. The summed E-state index contributed by atoms with van der Waals surface area (Å²) in [6.45, 7) is 7.46. The van der Waals surface area contributed by atoms with Gasteiger partial charge in [-0.3, -0.25) is 9.59 Å². The summed E-state index contributed by atoms with van der Waals surface area (Å²) in [5.41, 5.74) is 0.774. The van der Waals surface area contributed by atoms with E-state index < -0.39 is 28.3 Å². The van der Waals surface area contributed by atoms with Crippen LogP contribution in [-0.4, -0.2) is 29.2 Å². The smallest absolute Gasteiger partial charge is 0.206 e. The molecule has 0 amide bonds. The molecular formula is C18H20F2O3Si2. The van der Waals surface area contributed by atoms with E-state index >= 15 is 0 Å². The summed E-state index contributed by atoms with van der Waals surface area (Å²) in [6.07, 6.45) is 1.36. The molecule has 0 fully saturated rings. The highest BCUT2D eigenvalue weighted by Gasteiger charge is 2.38. The normalized spacial score (nSPS) is 12.1. The summed E-state index contributed by atoms with van der Waals surface area (Å²) in [5, 5.41) is 1.10. The molecule has 3 nitrogen and oxygen atoms in total. The minimum Gasteiger partial charge on any atom is -0.449 e. The Kier molecular flexibility index (Phi) is 5.50. The number of benzene rings is 2. The van der Waals surface area contributed by atoms with Crippen LogP contribution in [0.3, 0.4) is 0 Å². The Labute approximate surface area is 147 Å². The van der Waals surface area contributed by atoms with E-state index in [1.54, 1.807) is 0 Å². The van der Waals surface area contributed by atoms with Crippen molar-refractivity contribution >= 4 is 39.6 Å². The maximum absolute atomic E-state index is 13.7. The SMILES string of the molecule is C[Si](C)(O[Si](C)(C)c1cc(F)ccc1C=O)c1cc(F)ccc1C=O. The zero-order chi connectivity index (χ0) is 18.8. The summed E-state index contributed by atoms with van der Waals surface area (Å²) >= 11 is 0. The van der Waals surface area contributed by atoms with Gasteiger partial charge >= 0.3 is 0 Å². The zero-order valence-corrected chi connectivity index (χ0v) is 16.6. The number of rotatable bonds is 6. The van der Waals surface area contributed by atoms with Gasteiger partial charge in [-0.05, 0) is 73.0 Å². The Morgan fingerprint density at radius 3 is 1.44 bits per heavy atom. The van der Waals surface area contributed by atoms with Crippen molar-refractivity contribution in [3.63, 3.8) is 0 Å². The van der Waals surface area contributed by atoms with Crippen molar-refractivity contribution in [1.82, 2.24) is 0 Å². The molecule has 0 bridgehead atoms. The van der Waals surface area contributed by atoms with E-state index in [4.69, 9.17) is 4.12 Å². The van der Waals surface area contributed by atoms with Crippen molar-refractivity contribution in [1.29, 1.82) is 0 Å². The van der Waals surface area contributed by atoms with E-state index in [2.05, 4.69) is 0 Å². The molecule has 25 heavy (non-hydrogen) atoms. The molecule has 0 aliphatic heterocycles. The van der Waals surface area contributed by atoms with E-state index in [9.17, 15) is 18.4 Å². The first kappa shape index (κ1) is 19.4. The van der Waals surface area contributed by atoms with Crippen molar-refractivity contribution in [3.8, 4) is 0 Å². The summed E-state index contributed by atoms with van der Waals surface area (Å²) in [6, 6.07) is 7.99. The van der Waals surface area contributed by atoms with Crippen molar-refractivity contribution in [2.24, 2.45) is 0 Å². The third kappa shape index (κ3) is 4.17. The van der Waals surface area contributed by atoms with Gasteiger partial charge in [-0.15, -0.1) is 0 Å². The maximum Gasteiger partial charge on any atom is 0.206 e. The fourth-order valence-electron chi connectivity index (χ4n) is 3.05. The summed E-state index contributed by atoms with van der Waals surface area (Å²) < 4.78 is 33.8. The number of halogens is 2. The molecule has 0 aromatic heterocycles. The van der Waals surface area contributed by atoms with Crippen LogP contribution in [0.25, 0.3) is 0 Å². The molecule has 2 aromatic rings. The molecule has 2 rings (SSSR count). The molecule has 0 aliphatic rings. The lowest BCUT2D eigenvalue weighted by Crippen LogP contribution is -2.59. The first-order valence-corrected chi connectivity index (χ1v) is 13.6. The second kappa shape index (κ2) is 7.11. The van der Waals surface area contributed by atoms with E-state index in [1.165, 1.54) is 36.4 Å². The zero-order valence-electron chi connectivity index (χ0n) is 14.6. The van der Waals surface area contributed by atoms with Crippen LogP contribution in [0.4, 0.5) is 8.78 Å². The number of hydrogen-bond acceptors (Lipinski definition) is 3. The van der Waals surface area contributed by atoms with Gasteiger partial charge in [0.25, 0.3) is 0 Å². The molecule has 0 aliphatic carbocycles. The second-order valence-electron chi connectivity index (χ2n) is 6.82. The van der Waals surface area contributed by atoms with Gasteiger partial charge in [0, 0.05) is 11.1 Å². The molecule has 7 heteroatoms. The fourth-order valence-corrected chi connectivity index (χ4v) is 11.7. The van der Waals surface area contributed by atoms with Gasteiger partial charge in [0.05, 0.1) is 0 Å². The minimum atomic E-state index is -2.70. The fraction of sp³-hybridized carbons (Fsp3) is 0.222. The topological polar surface area (TPSA) is 43.4 Å². The van der Waals surface area contributed by atoms with Crippen LogP contribution < -0.4 is 10.4 Å². The lowest BCUT2D eigenvalue weighted by Gasteiger charge is -2.35. The predicted octanol–water partition coefficient (Wildman–Crippen LogP) is 3.13. The van der Waals surface area contributed by atoms with E-state index in [0.717, 1.165) is 0 Å². The van der Waals surface area contributed by atoms with Gasteiger partial charge in [-0.1, -0.05) is 0 Å². The molecule has 2 aromatic carbocycles. The van der Waals surface area contributed by atoms with E-state index in [1.807, 2.05) is 26.2 Å². The van der Waals surface area contributed by atoms with Crippen LogP contribution in [0.1, 0.15) is 20.7 Å². The third-order valence-corrected chi connectivity index (χ3v) is 11.6. The lowest BCUT2D eigenvalue weighted by atomic mass is 10.2. The van der Waals surface area contributed by atoms with Crippen LogP contribution in [0, 0.1) is 11.6 Å². The van der Waals surface area contributed by atoms with Crippen LogP contribution >= 0.6 is 0 Å². The Hall–Kier alpha value is -1.97. The largest absolute Gasteiger partial charge is 0.449 e. The Balaban J connectivity index is 2.49. The van der Waals surface area contributed by atoms with Crippen molar-refractivity contribution in [2.45, 2.75) is 26.2 Å². The van der Waals surface area contributed by atoms with E-state index in [0.29, 0.717) is 34.1 Å². The molecule has 0 radical (unpaired) electrons. The van der Waals surface area contributed by atoms with Crippen molar-refractivity contribution in [2.75, 3.05) is 0 Å². The standard InChI is InChI=1S/C18H20F2O3Si2/c1-24(2,17-9-15(19)7-5-13(17)11-21)23-25(3,4)18-10-16(20)8-6-14(18)12-22/h5-12H,1-4H3. The minimum absolute atomic E-state index is 0.387. The second-order valence-corrected chi connectivity index (χ2v) is 14.8. The van der Waals surface area contributed by atoms with Crippen molar-refractivity contribution < 1.29 is 22.5 Å². The average molecular weight is 379 g/mol. The van der Waals surface area contributed by atoms with Crippen LogP contribution in [0.2, 0.25) is 26.2 Å². The van der Waals surface area contributed by atoms with Crippen LogP contribution in [0.5, 0.6) is 0 Å². The Bertz CT molecular complexity index is 752. The summed E-state index contributed by atoms with van der Waals surface area (Å²) in [7, 11) is -5.39. The van der Waals surface area contributed by atoms with Crippen molar-refractivity contribution in [3.05, 3.63) is 59.2 Å². The van der Waals surface area contributed by atoms with Gasteiger partial charge in [-0.2, -0.15) is 0 Å². The molecule has 0 unspecified atom stereocenters. The third-order valence-electron chi connectivity index (χ3n) is 4.09. The molecule has 0 saturated carbocycles. The molecular weight excluding hydrogens is 358 g/mol. The van der Waals surface area contributed by atoms with Gasteiger partial charge < -0.3 is 4.12 Å². The molecule has 132 valence electrons. The highest BCUT2D eigenvalue weighted by atomic mass is 28.4. The molecule has 0 saturated heterocycles. The number of carbonyl (C=O) groups is 2. The first-order valence-electron chi connectivity index (χ1n) is 7.81. The van der Waals surface area contributed by atoms with Crippen LogP contribution in [0.15, 0.2) is 36.4 Å². The summed E-state index contributed by atoms with van der Waals surface area (Å²) in [5.74, 6) is -0.882. The predicted molar refractivity (Wildman–Crippen MR) is 98.9 cm³/mol. The molecule has 0 atom stereocenters. The number of aldehydes is 2. The highest BCUT2D eigenvalue weighted by Crippen LogP contribution is 2.18. The molecule has 0 spiro atoms. The number of carbonyl (C=O) groups excluding carboxylic acids is 2. The van der Waals surface area contributed by atoms with Gasteiger partial charge in [-0.25, -0.2) is 8.78 Å². The van der Waals surface area contributed by atoms with Gasteiger partial charge in [0.2, 0.25) is 16.6 Å². The quantitative estimate of drug-likeness (QED) is 0.573. The molecule has 0 N–H and O–H groups in total. The highest BCUT2D eigenvalue weighted by molar-refractivity contribution is 6.97. The Morgan fingerprint density at radius 2 is 1.12 bits per heavy atom. The van der Waals surface area contributed by atoms with E-state index in [-0.39, 0.29) is 0 Å².